The van der Waals surface area contributed by atoms with Crippen LogP contribution in [0.2, 0.25) is 0 Å². The highest BCUT2D eigenvalue weighted by Crippen LogP contribution is 2.17. The first-order valence-corrected chi connectivity index (χ1v) is 5.78. The van der Waals surface area contributed by atoms with Crippen molar-refractivity contribution in [2.45, 2.75) is 40.2 Å². The fourth-order valence-electron chi connectivity index (χ4n) is 1.79. The number of hydrogen-bond acceptors (Lipinski definition) is 2. The molecule has 0 bridgehead atoms. The van der Waals surface area contributed by atoms with E-state index in [2.05, 4.69) is 4.98 Å². The van der Waals surface area contributed by atoms with Gasteiger partial charge in [-0.3, -0.25) is 9.59 Å². The lowest BCUT2D eigenvalue weighted by molar-refractivity contribution is 0.0593. The quantitative estimate of drug-likeness (QED) is 0.820. The van der Waals surface area contributed by atoms with Crippen LogP contribution in [-0.4, -0.2) is 33.7 Å². The number of nitrogens with zero attached hydrogens (tertiary/aromatic N) is 1. The first kappa shape index (κ1) is 13.5. The minimum absolute atomic E-state index is 0.0425. The second-order valence-corrected chi connectivity index (χ2v) is 5.08. The van der Waals surface area contributed by atoms with Gasteiger partial charge in [-0.1, -0.05) is 0 Å². The Labute approximate surface area is 102 Å². The zero-order valence-corrected chi connectivity index (χ0v) is 11.1. The highest BCUT2D eigenvalue weighted by molar-refractivity contribution is 5.99. The summed E-state index contributed by atoms with van der Waals surface area (Å²) in [5, 5.41) is 0. The summed E-state index contributed by atoms with van der Waals surface area (Å²) in [5.41, 5.74) is 0.776. The van der Waals surface area contributed by atoms with Gasteiger partial charge in [-0.05, 0) is 40.7 Å². The normalized spacial score (nSPS) is 11.4. The molecule has 0 spiro atoms. The van der Waals surface area contributed by atoms with Crippen LogP contribution in [-0.2, 0) is 0 Å². The molecule has 0 aliphatic rings. The average molecular weight is 236 g/mol. The molecule has 0 aliphatic heterocycles. The Balaban J connectivity index is 2.98. The van der Waals surface area contributed by atoms with Gasteiger partial charge in [-0.15, -0.1) is 0 Å². The van der Waals surface area contributed by atoms with Crippen LogP contribution in [0.1, 0.15) is 55.5 Å². The molecule has 0 saturated carbocycles. The van der Waals surface area contributed by atoms with E-state index in [0.717, 1.165) is 0 Å². The van der Waals surface area contributed by atoms with Crippen LogP contribution in [0.3, 0.4) is 0 Å². The van der Waals surface area contributed by atoms with E-state index in [1.54, 1.807) is 17.2 Å². The first-order valence-electron chi connectivity index (χ1n) is 5.78. The van der Waals surface area contributed by atoms with Gasteiger partial charge in [0.2, 0.25) is 0 Å². The lowest BCUT2D eigenvalue weighted by atomic mass is 10.1. The maximum atomic E-state index is 12.2. The lowest BCUT2D eigenvalue weighted by Crippen LogP contribution is -2.45. The summed E-state index contributed by atoms with van der Waals surface area (Å²) in [6.45, 7) is 10.0. The topological polar surface area (TPSA) is 53.2 Å². The van der Waals surface area contributed by atoms with E-state index in [0.29, 0.717) is 17.8 Å². The Morgan fingerprint density at radius 1 is 1.35 bits per heavy atom. The van der Waals surface area contributed by atoms with Crippen LogP contribution in [0.5, 0.6) is 0 Å². The molecule has 1 aromatic rings. The van der Waals surface area contributed by atoms with E-state index in [4.69, 9.17) is 0 Å². The highest BCUT2D eigenvalue weighted by Gasteiger charge is 2.26. The number of aromatic amines is 1. The van der Waals surface area contributed by atoms with Gasteiger partial charge in [0.1, 0.15) is 5.69 Å². The highest BCUT2D eigenvalue weighted by atomic mass is 16.2. The Bertz CT molecular complexity index is 427. The second kappa shape index (κ2) is 4.73. The van der Waals surface area contributed by atoms with Crippen molar-refractivity contribution in [3.05, 3.63) is 23.5 Å². The molecule has 1 heterocycles. The Morgan fingerprint density at radius 2 is 1.94 bits per heavy atom. The van der Waals surface area contributed by atoms with Crippen molar-refractivity contribution in [1.29, 1.82) is 0 Å². The maximum Gasteiger partial charge on any atom is 0.270 e. The smallest absolute Gasteiger partial charge is 0.270 e. The predicted octanol–water partition coefficient (Wildman–Crippen LogP) is 2.48. The average Bonchev–Trinajstić information content (AvgIpc) is 2.64. The van der Waals surface area contributed by atoms with Gasteiger partial charge in [0.05, 0.1) is 0 Å². The molecule has 0 aromatic carbocycles. The molecule has 17 heavy (non-hydrogen) atoms. The fraction of sp³-hybridized carbons (Fsp3) is 0.538. The van der Waals surface area contributed by atoms with Gasteiger partial charge in [0.25, 0.3) is 5.91 Å². The van der Waals surface area contributed by atoms with Crippen molar-refractivity contribution >= 4 is 11.7 Å². The summed E-state index contributed by atoms with van der Waals surface area (Å²) in [6, 6.07) is 1.61. The van der Waals surface area contributed by atoms with Crippen LogP contribution in [0.15, 0.2) is 12.3 Å². The second-order valence-electron chi connectivity index (χ2n) is 5.08. The van der Waals surface area contributed by atoms with Crippen molar-refractivity contribution in [2.24, 2.45) is 0 Å². The monoisotopic (exact) mass is 236 g/mol. The van der Waals surface area contributed by atoms with Gasteiger partial charge < -0.3 is 9.88 Å². The Kier molecular flexibility index (Phi) is 3.76. The molecular formula is C13H20N2O2. The Hall–Kier alpha value is -1.58. The van der Waals surface area contributed by atoms with Crippen molar-refractivity contribution < 1.29 is 9.59 Å². The minimum Gasteiger partial charge on any atom is -0.356 e. The molecule has 0 radical (unpaired) electrons. The number of H-pyrrole nitrogens is 1. The van der Waals surface area contributed by atoms with Crippen LogP contribution in [0.25, 0.3) is 0 Å². The molecule has 0 saturated heterocycles. The largest absolute Gasteiger partial charge is 0.356 e. The molecule has 1 rings (SSSR count). The van der Waals surface area contributed by atoms with E-state index in [1.165, 1.54) is 6.92 Å². The van der Waals surface area contributed by atoms with Crippen LogP contribution in [0.4, 0.5) is 0 Å². The first-order chi connectivity index (χ1) is 7.77. The zero-order chi connectivity index (χ0) is 13.2. The minimum atomic E-state index is -0.229. The number of amides is 1. The van der Waals surface area contributed by atoms with E-state index in [9.17, 15) is 9.59 Å². The summed E-state index contributed by atoms with van der Waals surface area (Å²) in [4.78, 5) is 28.0. The predicted molar refractivity (Wildman–Crippen MR) is 67.3 cm³/mol. The number of nitrogens with one attached hydrogen (secondary N) is 1. The van der Waals surface area contributed by atoms with Gasteiger partial charge >= 0.3 is 0 Å². The number of ketones is 1. The molecular weight excluding hydrogens is 216 g/mol. The summed E-state index contributed by atoms with van der Waals surface area (Å²) >= 11 is 0. The number of carbonyl (C=O) groups excluding carboxylic acids is 2. The molecule has 0 atom stereocenters. The third-order valence-corrected chi connectivity index (χ3v) is 2.69. The van der Waals surface area contributed by atoms with Crippen molar-refractivity contribution in [2.75, 3.05) is 6.54 Å². The number of rotatable bonds is 3. The summed E-state index contributed by atoms with van der Waals surface area (Å²) in [7, 11) is 0. The van der Waals surface area contributed by atoms with E-state index < -0.39 is 0 Å². The number of hydrogen-bond donors (Lipinski definition) is 1. The third kappa shape index (κ3) is 2.96. The number of aromatic nitrogens is 1. The standard InChI is InChI=1S/C13H20N2O2/c1-6-15(13(3,4)5)12(17)11-7-10(8-14-11)9(2)16/h7-8,14H,6H2,1-5H3. The van der Waals surface area contributed by atoms with E-state index >= 15 is 0 Å². The summed E-state index contributed by atoms with van der Waals surface area (Å²) in [5.74, 6) is -0.119. The summed E-state index contributed by atoms with van der Waals surface area (Å²) < 4.78 is 0. The third-order valence-electron chi connectivity index (χ3n) is 2.69. The molecule has 0 fully saturated rings. The molecule has 1 N–H and O–H groups in total. The molecule has 0 unspecified atom stereocenters. The number of carbonyl (C=O) groups is 2. The van der Waals surface area contributed by atoms with Gasteiger partial charge in [0, 0.05) is 23.8 Å². The molecule has 4 nitrogen and oxygen atoms in total. The van der Waals surface area contributed by atoms with Crippen LogP contribution in [0, 0.1) is 0 Å². The molecule has 1 aromatic heterocycles. The van der Waals surface area contributed by atoms with Crippen LogP contribution < -0.4 is 0 Å². The van der Waals surface area contributed by atoms with Gasteiger partial charge in [0.15, 0.2) is 5.78 Å². The molecule has 0 aliphatic carbocycles. The van der Waals surface area contributed by atoms with Gasteiger partial charge in [-0.25, -0.2) is 0 Å². The fourth-order valence-corrected chi connectivity index (χ4v) is 1.79. The molecule has 1 amide bonds. The molecule has 4 heteroatoms. The summed E-state index contributed by atoms with van der Waals surface area (Å²) in [6.07, 6.45) is 1.58. The molecule has 94 valence electrons. The SMILES string of the molecule is CCN(C(=O)c1cc(C(C)=O)c[nH]1)C(C)(C)C. The van der Waals surface area contributed by atoms with E-state index in [-0.39, 0.29) is 17.2 Å². The van der Waals surface area contributed by atoms with Crippen molar-refractivity contribution in [1.82, 2.24) is 9.88 Å². The van der Waals surface area contributed by atoms with Crippen LogP contribution >= 0.6 is 0 Å². The lowest BCUT2D eigenvalue weighted by Gasteiger charge is -2.34. The Morgan fingerprint density at radius 3 is 2.29 bits per heavy atom. The van der Waals surface area contributed by atoms with E-state index in [1.807, 2.05) is 27.7 Å². The van der Waals surface area contributed by atoms with Gasteiger partial charge in [-0.2, -0.15) is 0 Å². The maximum absolute atomic E-state index is 12.2. The zero-order valence-electron chi connectivity index (χ0n) is 11.1. The van der Waals surface area contributed by atoms with Crippen molar-refractivity contribution in [3.8, 4) is 0 Å². The van der Waals surface area contributed by atoms with Crippen molar-refractivity contribution in [3.63, 3.8) is 0 Å². The number of Topliss-reactive ketones (excluding diaryl/α,β-unsaturated/α-hetero) is 1.